The molecule has 10 heteroatoms. The van der Waals surface area contributed by atoms with E-state index in [2.05, 4.69) is 5.32 Å². The minimum atomic E-state index is -3.61. The highest BCUT2D eigenvalue weighted by atomic mass is 32.2. The number of sulfonamides is 1. The number of carbonyl (C=O) groups is 1. The molecule has 0 saturated carbocycles. The van der Waals surface area contributed by atoms with Gasteiger partial charge in [-0.05, 0) is 22.9 Å². The number of ether oxygens (including phenoxy) is 3. The highest BCUT2D eigenvalue weighted by Crippen LogP contribution is 2.39. The summed E-state index contributed by atoms with van der Waals surface area (Å²) in [7, 11) is 0.919. The number of methoxy groups -OCH3 is 3. The number of amides is 1. The third-order valence-corrected chi connectivity index (χ3v) is 7.90. The molecule has 1 aliphatic rings. The zero-order chi connectivity index (χ0) is 25.0. The van der Waals surface area contributed by atoms with Gasteiger partial charge in [-0.1, -0.05) is 30.3 Å². The Balaban J connectivity index is 1.37. The standard InChI is InChI=1S/C25H29N3O6S/c1-32-22-15-20(16-23(33-2)25(22)34-3)26-24(29)17-27-10-12-28(13-11-27)35(30,31)21-9-8-18-6-4-5-7-19(18)14-21/h4-9,14-16H,10-13,17H2,1-3H3,(H,26,29). The van der Waals surface area contributed by atoms with Gasteiger partial charge in [0.2, 0.25) is 21.7 Å². The number of hydrogen-bond acceptors (Lipinski definition) is 7. The van der Waals surface area contributed by atoms with Crippen LogP contribution in [0.25, 0.3) is 10.8 Å². The summed E-state index contributed by atoms with van der Waals surface area (Å²) in [6.07, 6.45) is 0. The smallest absolute Gasteiger partial charge is 0.243 e. The Hall–Kier alpha value is -3.34. The van der Waals surface area contributed by atoms with Gasteiger partial charge >= 0.3 is 0 Å². The number of hydrogen-bond donors (Lipinski definition) is 1. The molecule has 1 heterocycles. The largest absolute Gasteiger partial charge is 0.493 e. The van der Waals surface area contributed by atoms with E-state index in [0.717, 1.165) is 10.8 Å². The predicted octanol–water partition coefficient (Wildman–Crippen LogP) is 2.81. The van der Waals surface area contributed by atoms with Gasteiger partial charge < -0.3 is 19.5 Å². The topological polar surface area (TPSA) is 97.4 Å². The molecule has 4 rings (SSSR count). The van der Waals surface area contributed by atoms with Crippen LogP contribution < -0.4 is 19.5 Å². The molecule has 0 aliphatic carbocycles. The van der Waals surface area contributed by atoms with Crippen molar-refractivity contribution in [2.45, 2.75) is 4.90 Å². The quantitative estimate of drug-likeness (QED) is 0.509. The van der Waals surface area contributed by atoms with Crippen molar-refractivity contribution in [2.24, 2.45) is 0 Å². The third-order valence-electron chi connectivity index (χ3n) is 6.01. The van der Waals surface area contributed by atoms with Crippen LogP contribution >= 0.6 is 0 Å². The molecular formula is C25H29N3O6S. The molecule has 1 N–H and O–H groups in total. The second-order valence-corrected chi connectivity index (χ2v) is 10.1. The molecule has 1 amide bonds. The first-order valence-electron chi connectivity index (χ1n) is 11.2. The molecule has 186 valence electrons. The Morgan fingerprint density at radius 2 is 1.49 bits per heavy atom. The van der Waals surface area contributed by atoms with Gasteiger partial charge in [0.1, 0.15) is 0 Å². The fourth-order valence-corrected chi connectivity index (χ4v) is 5.62. The minimum Gasteiger partial charge on any atom is -0.493 e. The van der Waals surface area contributed by atoms with E-state index in [4.69, 9.17) is 14.2 Å². The van der Waals surface area contributed by atoms with E-state index in [0.29, 0.717) is 49.1 Å². The third kappa shape index (κ3) is 5.34. The zero-order valence-electron chi connectivity index (χ0n) is 20.0. The van der Waals surface area contributed by atoms with Crippen LogP contribution in [0.2, 0.25) is 0 Å². The van der Waals surface area contributed by atoms with Crippen molar-refractivity contribution in [2.75, 3.05) is 59.4 Å². The van der Waals surface area contributed by atoms with Crippen LogP contribution in [0.1, 0.15) is 0 Å². The van der Waals surface area contributed by atoms with Crippen molar-refractivity contribution < 1.29 is 27.4 Å². The van der Waals surface area contributed by atoms with E-state index in [1.807, 2.05) is 35.2 Å². The van der Waals surface area contributed by atoms with Gasteiger partial charge in [-0.3, -0.25) is 9.69 Å². The number of benzene rings is 3. The summed E-state index contributed by atoms with van der Waals surface area (Å²) in [4.78, 5) is 14.9. The number of nitrogens with one attached hydrogen (secondary N) is 1. The Morgan fingerprint density at radius 3 is 2.09 bits per heavy atom. The molecule has 0 atom stereocenters. The van der Waals surface area contributed by atoms with E-state index in [9.17, 15) is 13.2 Å². The number of nitrogens with zero attached hydrogens (tertiary/aromatic N) is 2. The average molecular weight is 500 g/mol. The molecule has 1 fully saturated rings. The second-order valence-electron chi connectivity index (χ2n) is 8.15. The van der Waals surface area contributed by atoms with Gasteiger partial charge in [-0.15, -0.1) is 0 Å². The molecule has 0 radical (unpaired) electrons. The van der Waals surface area contributed by atoms with E-state index in [1.165, 1.54) is 25.6 Å². The van der Waals surface area contributed by atoms with Gasteiger partial charge in [-0.25, -0.2) is 8.42 Å². The minimum absolute atomic E-state index is 0.139. The molecule has 0 spiro atoms. The summed E-state index contributed by atoms with van der Waals surface area (Å²) >= 11 is 0. The van der Waals surface area contributed by atoms with Crippen LogP contribution in [0.15, 0.2) is 59.5 Å². The molecule has 1 aliphatic heterocycles. The van der Waals surface area contributed by atoms with Crippen molar-refractivity contribution >= 4 is 32.4 Å². The zero-order valence-corrected chi connectivity index (χ0v) is 20.8. The van der Waals surface area contributed by atoms with Gasteiger partial charge in [0, 0.05) is 44.0 Å². The molecule has 35 heavy (non-hydrogen) atoms. The van der Waals surface area contributed by atoms with Crippen LogP contribution in [-0.2, 0) is 14.8 Å². The fourth-order valence-electron chi connectivity index (χ4n) is 4.16. The molecule has 0 unspecified atom stereocenters. The Labute approximate surface area is 205 Å². The first kappa shape index (κ1) is 24.8. The molecule has 3 aromatic rings. The van der Waals surface area contributed by atoms with Gasteiger partial charge in [0.05, 0.1) is 32.8 Å². The van der Waals surface area contributed by atoms with E-state index >= 15 is 0 Å². The van der Waals surface area contributed by atoms with Gasteiger partial charge in [-0.2, -0.15) is 4.31 Å². The first-order chi connectivity index (χ1) is 16.8. The lowest BCUT2D eigenvalue weighted by Gasteiger charge is -2.33. The highest BCUT2D eigenvalue weighted by Gasteiger charge is 2.29. The summed E-state index contributed by atoms with van der Waals surface area (Å²) in [6.45, 7) is 1.67. The van der Waals surface area contributed by atoms with E-state index in [-0.39, 0.29) is 17.3 Å². The summed E-state index contributed by atoms with van der Waals surface area (Å²) in [5, 5.41) is 4.73. The maximum atomic E-state index is 13.2. The van der Waals surface area contributed by atoms with Crippen LogP contribution in [0.4, 0.5) is 5.69 Å². The van der Waals surface area contributed by atoms with Crippen molar-refractivity contribution in [3.8, 4) is 17.2 Å². The summed E-state index contributed by atoms with van der Waals surface area (Å²) in [5.74, 6) is 1.10. The monoisotopic (exact) mass is 499 g/mol. The van der Waals surface area contributed by atoms with Gasteiger partial charge in [0.15, 0.2) is 11.5 Å². The molecule has 3 aromatic carbocycles. The highest BCUT2D eigenvalue weighted by molar-refractivity contribution is 7.89. The number of piperazine rings is 1. The number of carbonyl (C=O) groups excluding carboxylic acids is 1. The maximum Gasteiger partial charge on any atom is 0.243 e. The number of rotatable bonds is 8. The van der Waals surface area contributed by atoms with Crippen molar-refractivity contribution in [1.29, 1.82) is 0 Å². The van der Waals surface area contributed by atoms with Crippen molar-refractivity contribution in [3.63, 3.8) is 0 Å². The summed E-state index contributed by atoms with van der Waals surface area (Å²) in [5.41, 5.74) is 0.516. The second kappa shape index (κ2) is 10.5. The van der Waals surface area contributed by atoms with Crippen LogP contribution in [-0.4, -0.2) is 77.6 Å². The Morgan fingerprint density at radius 1 is 0.857 bits per heavy atom. The molecule has 0 bridgehead atoms. The molecular weight excluding hydrogens is 470 g/mol. The SMILES string of the molecule is COc1cc(NC(=O)CN2CCN(S(=O)(=O)c3ccc4ccccc4c3)CC2)cc(OC)c1OC. The fraction of sp³-hybridized carbons (Fsp3) is 0.320. The molecule has 0 aromatic heterocycles. The van der Waals surface area contributed by atoms with Crippen molar-refractivity contribution in [1.82, 2.24) is 9.21 Å². The number of fused-ring (bicyclic) bond motifs is 1. The van der Waals surface area contributed by atoms with Gasteiger partial charge in [0.25, 0.3) is 0 Å². The normalized spacial score (nSPS) is 15.1. The van der Waals surface area contributed by atoms with E-state index in [1.54, 1.807) is 24.3 Å². The van der Waals surface area contributed by atoms with Crippen LogP contribution in [0.3, 0.4) is 0 Å². The number of anilines is 1. The average Bonchev–Trinajstić information content (AvgIpc) is 2.88. The Bertz CT molecular complexity index is 1290. The maximum absolute atomic E-state index is 13.2. The molecule has 9 nitrogen and oxygen atoms in total. The summed E-state index contributed by atoms with van der Waals surface area (Å²) in [6, 6.07) is 16.2. The lowest BCUT2D eigenvalue weighted by Crippen LogP contribution is -2.50. The Kier molecular flexibility index (Phi) is 7.44. The summed E-state index contributed by atoms with van der Waals surface area (Å²) < 4.78 is 43.8. The van der Waals surface area contributed by atoms with Crippen LogP contribution in [0, 0.1) is 0 Å². The van der Waals surface area contributed by atoms with E-state index < -0.39 is 10.0 Å². The molecule has 1 saturated heterocycles. The van der Waals surface area contributed by atoms with Crippen molar-refractivity contribution in [3.05, 3.63) is 54.6 Å². The predicted molar refractivity (Wildman–Crippen MR) is 134 cm³/mol. The van der Waals surface area contributed by atoms with Crippen LogP contribution in [0.5, 0.6) is 17.2 Å². The lowest BCUT2D eigenvalue weighted by atomic mass is 10.1. The first-order valence-corrected chi connectivity index (χ1v) is 12.6. The lowest BCUT2D eigenvalue weighted by molar-refractivity contribution is -0.117.